The molecule has 0 unspecified atom stereocenters. The number of halogens is 3. The Morgan fingerprint density at radius 1 is 1.53 bits per heavy atom. The SMILES string of the molecule is Cn1nc(C(F)(F)F)[c]c1OC1COC1. The van der Waals surface area contributed by atoms with E-state index in [1.807, 2.05) is 0 Å². The Kier molecular flexibility index (Phi) is 2.34. The summed E-state index contributed by atoms with van der Waals surface area (Å²) in [5, 5.41) is 3.26. The molecule has 0 N–H and O–H groups in total. The highest BCUT2D eigenvalue weighted by Crippen LogP contribution is 2.30. The quantitative estimate of drug-likeness (QED) is 0.748. The second kappa shape index (κ2) is 3.41. The summed E-state index contributed by atoms with van der Waals surface area (Å²) in [6.45, 7) is 0.779. The van der Waals surface area contributed by atoms with Crippen LogP contribution in [0.25, 0.3) is 0 Å². The predicted molar refractivity (Wildman–Crippen MR) is 42.3 cm³/mol. The Morgan fingerprint density at radius 2 is 2.20 bits per heavy atom. The van der Waals surface area contributed by atoms with Crippen molar-refractivity contribution in [3.05, 3.63) is 11.8 Å². The zero-order valence-electron chi connectivity index (χ0n) is 7.84. The third kappa shape index (κ3) is 2.06. The molecule has 1 fully saturated rings. The van der Waals surface area contributed by atoms with Crippen LogP contribution in [0.15, 0.2) is 0 Å². The average Bonchev–Trinajstić information content (AvgIpc) is 2.39. The lowest BCUT2D eigenvalue weighted by atomic mass is 10.3. The van der Waals surface area contributed by atoms with Gasteiger partial charge in [-0.05, 0) is 0 Å². The molecule has 2 heterocycles. The summed E-state index contributed by atoms with van der Waals surface area (Å²) >= 11 is 0. The van der Waals surface area contributed by atoms with Crippen LogP contribution in [0.4, 0.5) is 13.2 Å². The van der Waals surface area contributed by atoms with Crippen molar-refractivity contribution in [1.82, 2.24) is 9.78 Å². The van der Waals surface area contributed by atoms with Crippen molar-refractivity contribution in [2.45, 2.75) is 12.3 Å². The molecular weight excluding hydrogens is 213 g/mol. The van der Waals surface area contributed by atoms with Gasteiger partial charge in [0, 0.05) is 7.05 Å². The maximum absolute atomic E-state index is 12.2. The molecule has 7 heteroatoms. The van der Waals surface area contributed by atoms with Crippen molar-refractivity contribution < 1.29 is 22.6 Å². The number of hydrogen-bond acceptors (Lipinski definition) is 3. The van der Waals surface area contributed by atoms with Crippen molar-refractivity contribution in [2.75, 3.05) is 13.2 Å². The molecule has 4 nitrogen and oxygen atoms in total. The number of rotatable bonds is 2. The molecule has 1 saturated heterocycles. The largest absolute Gasteiger partial charge is 0.469 e. The molecule has 0 atom stereocenters. The Balaban J connectivity index is 2.13. The van der Waals surface area contributed by atoms with Crippen LogP contribution in [-0.4, -0.2) is 29.1 Å². The van der Waals surface area contributed by atoms with Gasteiger partial charge < -0.3 is 9.47 Å². The maximum atomic E-state index is 12.2. The standard InChI is InChI=1S/C8H8F3N2O2/c1-13-7(15-5-3-14-4-5)2-6(12-13)8(9,10)11/h5H,3-4H2,1H3. The van der Waals surface area contributed by atoms with E-state index in [4.69, 9.17) is 9.47 Å². The number of alkyl halides is 3. The molecular formula is C8H8F3N2O2. The van der Waals surface area contributed by atoms with Gasteiger partial charge in [-0.3, -0.25) is 0 Å². The number of nitrogens with zero attached hydrogens (tertiary/aromatic N) is 2. The van der Waals surface area contributed by atoms with Crippen LogP contribution in [0, 0.1) is 6.07 Å². The van der Waals surface area contributed by atoms with Gasteiger partial charge in [0.2, 0.25) is 5.88 Å². The Bertz CT molecular complexity index is 357. The summed E-state index contributed by atoms with van der Waals surface area (Å²) in [6, 6.07) is 2.07. The molecule has 0 aliphatic carbocycles. The Hall–Kier alpha value is -1.24. The molecule has 0 amide bonds. The Labute approximate surface area is 83.6 Å². The van der Waals surface area contributed by atoms with E-state index in [0.29, 0.717) is 13.2 Å². The number of aryl methyl sites for hydroxylation is 1. The molecule has 1 aliphatic heterocycles. The summed E-state index contributed by atoms with van der Waals surface area (Å²) in [5.41, 5.74) is -1.07. The van der Waals surface area contributed by atoms with E-state index < -0.39 is 11.9 Å². The highest BCUT2D eigenvalue weighted by atomic mass is 19.4. The molecule has 1 aromatic rings. The van der Waals surface area contributed by atoms with Crippen molar-refractivity contribution in [2.24, 2.45) is 7.05 Å². The molecule has 15 heavy (non-hydrogen) atoms. The van der Waals surface area contributed by atoms with E-state index >= 15 is 0 Å². The minimum atomic E-state index is -4.49. The third-order valence-electron chi connectivity index (χ3n) is 1.92. The van der Waals surface area contributed by atoms with Gasteiger partial charge in [0.05, 0.1) is 19.3 Å². The highest BCUT2D eigenvalue weighted by Gasteiger charge is 2.36. The molecule has 0 aromatic carbocycles. The topological polar surface area (TPSA) is 36.3 Å². The summed E-state index contributed by atoms with van der Waals surface area (Å²) in [5.74, 6) is -0.0179. The monoisotopic (exact) mass is 221 g/mol. The second-order valence-electron chi connectivity index (χ2n) is 3.18. The Morgan fingerprint density at radius 3 is 2.60 bits per heavy atom. The molecule has 83 valence electrons. The molecule has 2 rings (SSSR count). The minimum Gasteiger partial charge on any atom is -0.469 e. The first kappa shape index (κ1) is 10.3. The fourth-order valence-corrected chi connectivity index (χ4v) is 1.08. The van der Waals surface area contributed by atoms with Gasteiger partial charge in [0.15, 0.2) is 5.69 Å². The predicted octanol–water partition coefficient (Wildman–Crippen LogP) is 1.02. The first-order valence-corrected chi connectivity index (χ1v) is 4.25. The zero-order valence-corrected chi connectivity index (χ0v) is 7.84. The molecule has 1 aromatic heterocycles. The van der Waals surface area contributed by atoms with Crippen LogP contribution >= 0.6 is 0 Å². The van der Waals surface area contributed by atoms with E-state index in [1.54, 1.807) is 0 Å². The molecule has 1 aliphatic rings. The van der Waals surface area contributed by atoms with Gasteiger partial charge in [-0.2, -0.15) is 18.3 Å². The van der Waals surface area contributed by atoms with Crippen molar-refractivity contribution in [3.8, 4) is 5.88 Å². The first-order valence-electron chi connectivity index (χ1n) is 4.25. The lowest BCUT2D eigenvalue weighted by Gasteiger charge is -2.26. The fraction of sp³-hybridized carbons (Fsp3) is 0.625. The summed E-state index contributed by atoms with van der Waals surface area (Å²) < 4.78 is 47.7. The van der Waals surface area contributed by atoms with Crippen LogP contribution in [0.3, 0.4) is 0 Å². The smallest absolute Gasteiger partial charge is 0.435 e. The van der Waals surface area contributed by atoms with Gasteiger partial charge in [-0.1, -0.05) is 0 Å². The van der Waals surface area contributed by atoms with E-state index in [0.717, 1.165) is 4.68 Å². The van der Waals surface area contributed by atoms with Crippen LogP contribution < -0.4 is 4.74 Å². The number of aromatic nitrogens is 2. The summed E-state index contributed by atoms with van der Waals surface area (Å²) in [4.78, 5) is 0. The summed E-state index contributed by atoms with van der Waals surface area (Å²) in [7, 11) is 1.38. The van der Waals surface area contributed by atoms with Gasteiger partial charge in [0.25, 0.3) is 0 Å². The van der Waals surface area contributed by atoms with Crippen LogP contribution in [0.2, 0.25) is 0 Å². The van der Waals surface area contributed by atoms with Crippen LogP contribution in [0.1, 0.15) is 5.69 Å². The van der Waals surface area contributed by atoms with Crippen LogP contribution in [-0.2, 0) is 18.0 Å². The normalized spacial score (nSPS) is 17.6. The van der Waals surface area contributed by atoms with Gasteiger partial charge in [-0.25, -0.2) is 4.68 Å². The minimum absolute atomic E-state index is 0.0179. The molecule has 0 spiro atoms. The zero-order chi connectivity index (χ0) is 11.1. The van der Waals surface area contributed by atoms with Crippen LogP contribution in [0.5, 0.6) is 5.88 Å². The highest BCUT2D eigenvalue weighted by molar-refractivity contribution is 5.16. The number of ether oxygens (including phenoxy) is 2. The lowest BCUT2D eigenvalue weighted by molar-refractivity contribution is -0.141. The van der Waals surface area contributed by atoms with Gasteiger partial charge in [-0.15, -0.1) is 0 Å². The summed E-state index contributed by atoms with van der Waals surface area (Å²) in [6.07, 6.45) is -4.69. The fourth-order valence-electron chi connectivity index (χ4n) is 1.08. The lowest BCUT2D eigenvalue weighted by Crippen LogP contribution is -2.39. The van der Waals surface area contributed by atoms with Gasteiger partial charge in [0.1, 0.15) is 6.10 Å². The second-order valence-corrected chi connectivity index (χ2v) is 3.18. The first-order chi connectivity index (χ1) is 6.97. The molecule has 0 saturated carbocycles. The van der Waals surface area contributed by atoms with E-state index in [1.165, 1.54) is 7.05 Å². The average molecular weight is 221 g/mol. The van der Waals surface area contributed by atoms with Crippen molar-refractivity contribution >= 4 is 0 Å². The molecule has 1 radical (unpaired) electrons. The van der Waals surface area contributed by atoms with E-state index in [2.05, 4.69) is 11.2 Å². The van der Waals surface area contributed by atoms with E-state index in [-0.39, 0.29) is 12.0 Å². The molecule has 0 bridgehead atoms. The maximum Gasteiger partial charge on any atom is 0.435 e. The van der Waals surface area contributed by atoms with E-state index in [9.17, 15) is 13.2 Å². The van der Waals surface area contributed by atoms with Gasteiger partial charge >= 0.3 is 6.18 Å². The number of hydrogen-bond donors (Lipinski definition) is 0. The van der Waals surface area contributed by atoms with Crippen molar-refractivity contribution in [3.63, 3.8) is 0 Å². The van der Waals surface area contributed by atoms with Crippen molar-refractivity contribution in [1.29, 1.82) is 0 Å². The third-order valence-corrected chi connectivity index (χ3v) is 1.92.